The summed E-state index contributed by atoms with van der Waals surface area (Å²) in [4.78, 5) is 11.6. The van der Waals surface area contributed by atoms with Gasteiger partial charge < -0.3 is 15.1 Å². The number of aromatic nitrogens is 2. The maximum atomic E-state index is 11.6. The maximum absolute atomic E-state index is 11.6. The van der Waals surface area contributed by atoms with Crippen molar-refractivity contribution >= 4 is 11.6 Å². The third-order valence-corrected chi connectivity index (χ3v) is 3.14. The van der Waals surface area contributed by atoms with E-state index in [1.54, 1.807) is 10.9 Å². The average Bonchev–Trinajstić information content (AvgIpc) is 2.94. The Bertz CT molecular complexity index is 598. The number of aryl methyl sites for hydroxylation is 1. The van der Waals surface area contributed by atoms with Gasteiger partial charge in [0.1, 0.15) is 18.1 Å². The van der Waals surface area contributed by atoms with Gasteiger partial charge in [-0.1, -0.05) is 0 Å². The van der Waals surface area contributed by atoms with Crippen LogP contribution < -0.4 is 10.6 Å². The van der Waals surface area contributed by atoms with Crippen molar-refractivity contribution in [2.75, 3.05) is 5.32 Å². The predicted molar refractivity (Wildman–Crippen MR) is 74.2 cm³/mol. The third-order valence-electron chi connectivity index (χ3n) is 3.14. The highest BCUT2D eigenvalue weighted by Gasteiger charge is 2.23. The maximum Gasteiger partial charge on any atom is 0.241 e. The number of carbonyl (C=O) groups is 1. The Morgan fingerprint density at radius 3 is 3.05 bits per heavy atom. The molecule has 20 heavy (non-hydrogen) atoms. The van der Waals surface area contributed by atoms with E-state index in [-0.39, 0.29) is 12.5 Å². The van der Waals surface area contributed by atoms with E-state index in [4.69, 9.17) is 4.42 Å². The molecule has 0 unspecified atom stereocenters. The molecular formula is C14H18N4O2. The van der Waals surface area contributed by atoms with Crippen molar-refractivity contribution in [3.05, 3.63) is 36.0 Å². The summed E-state index contributed by atoms with van der Waals surface area (Å²) in [6.45, 7) is 2.78. The third kappa shape index (κ3) is 3.40. The van der Waals surface area contributed by atoms with E-state index in [2.05, 4.69) is 15.7 Å². The zero-order valence-electron chi connectivity index (χ0n) is 11.4. The van der Waals surface area contributed by atoms with Crippen LogP contribution in [0.3, 0.4) is 0 Å². The van der Waals surface area contributed by atoms with Crippen LogP contribution in [0, 0.1) is 6.92 Å². The van der Waals surface area contributed by atoms with E-state index in [1.807, 2.05) is 25.3 Å². The lowest BCUT2D eigenvalue weighted by molar-refractivity contribution is -0.122. The Labute approximate surface area is 117 Å². The largest absolute Gasteiger partial charge is 0.465 e. The second-order valence-corrected chi connectivity index (χ2v) is 5.13. The monoisotopic (exact) mass is 274 g/mol. The standard InChI is InChI=1S/C14H18N4O2/c1-10-2-5-13(20-10)7-15-12-6-16-18(8-12)9-14(19)17-11-3-4-11/h2,5-6,8,11,15H,3-4,7,9H2,1H3,(H,17,19). The lowest BCUT2D eigenvalue weighted by Crippen LogP contribution is -2.29. The summed E-state index contributed by atoms with van der Waals surface area (Å²) in [5.41, 5.74) is 0.873. The minimum absolute atomic E-state index is 0.0174. The first kappa shape index (κ1) is 12.8. The molecule has 0 aliphatic heterocycles. The number of rotatable bonds is 6. The van der Waals surface area contributed by atoms with Crippen molar-refractivity contribution in [2.24, 2.45) is 0 Å². The van der Waals surface area contributed by atoms with Crippen LogP contribution in [0.15, 0.2) is 28.9 Å². The number of anilines is 1. The highest BCUT2D eigenvalue weighted by molar-refractivity contribution is 5.76. The summed E-state index contributed by atoms with van der Waals surface area (Å²) in [6, 6.07) is 4.26. The van der Waals surface area contributed by atoms with E-state index in [9.17, 15) is 4.79 Å². The van der Waals surface area contributed by atoms with Crippen LogP contribution in [0.25, 0.3) is 0 Å². The topological polar surface area (TPSA) is 72.1 Å². The van der Waals surface area contributed by atoms with Crippen LogP contribution in [0.5, 0.6) is 0 Å². The lowest BCUT2D eigenvalue weighted by atomic mass is 10.4. The van der Waals surface area contributed by atoms with Gasteiger partial charge in [-0.3, -0.25) is 9.48 Å². The van der Waals surface area contributed by atoms with E-state index in [0.717, 1.165) is 30.0 Å². The van der Waals surface area contributed by atoms with Crippen molar-refractivity contribution in [2.45, 2.75) is 38.9 Å². The molecule has 2 aromatic rings. The highest BCUT2D eigenvalue weighted by atomic mass is 16.3. The Hall–Kier alpha value is -2.24. The van der Waals surface area contributed by atoms with Gasteiger partial charge in [0, 0.05) is 12.2 Å². The first-order valence-corrected chi connectivity index (χ1v) is 6.80. The molecule has 0 aromatic carbocycles. The minimum atomic E-state index is 0.0174. The van der Waals surface area contributed by atoms with Crippen LogP contribution in [0.1, 0.15) is 24.4 Å². The van der Waals surface area contributed by atoms with Crippen molar-refractivity contribution in [1.29, 1.82) is 0 Å². The predicted octanol–water partition coefficient (Wildman–Crippen LogP) is 1.68. The zero-order chi connectivity index (χ0) is 13.9. The Morgan fingerprint density at radius 2 is 2.35 bits per heavy atom. The molecular weight excluding hydrogens is 256 g/mol. The SMILES string of the molecule is Cc1ccc(CNc2cnn(CC(=O)NC3CC3)c2)o1. The van der Waals surface area contributed by atoms with Crippen LogP contribution in [0.2, 0.25) is 0 Å². The number of furan rings is 1. The molecule has 6 nitrogen and oxygen atoms in total. The first-order valence-electron chi connectivity index (χ1n) is 6.80. The van der Waals surface area contributed by atoms with Gasteiger partial charge in [0.15, 0.2) is 0 Å². The summed E-state index contributed by atoms with van der Waals surface area (Å²) >= 11 is 0. The van der Waals surface area contributed by atoms with Crippen LogP contribution >= 0.6 is 0 Å². The van der Waals surface area contributed by atoms with Crippen LogP contribution in [-0.2, 0) is 17.9 Å². The molecule has 1 amide bonds. The van der Waals surface area contributed by atoms with Crippen molar-refractivity contribution in [1.82, 2.24) is 15.1 Å². The number of carbonyl (C=O) groups excluding carboxylic acids is 1. The normalized spacial score (nSPS) is 14.2. The van der Waals surface area contributed by atoms with Gasteiger partial charge in [-0.2, -0.15) is 5.10 Å². The molecule has 2 heterocycles. The number of hydrogen-bond donors (Lipinski definition) is 2. The van der Waals surface area contributed by atoms with Crippen molar-refractivity contribution in [3.63, 3.8) is 0 Å². The number of hydrogen-bond acceptors (Lipinski definition) is 4. The molecule has 1 saturated carbocycles. The fourth-order valence-corrected chi connectivity index (χ4v) is 1.96. The Kier molecular flexibility index (Phi) is 3.45. The fourth-order valence-electron chi connectivity index (χ4n) is 1.96. The van der Waals surface area contributed by atoms with E-state index >= 15 is 0 Å². The Balaban J connectivity index is 1.49. The molecule has 0 spiro atoms. The van der Waals surface area contributed by atoms with Gasteiger partial charge in [0.2, 0.25) is 5.91 Å². The fraction of sp³-hybridized carbons (Fsp3) is 0.429. The molecule has 1 aliphatic rings. The van der Waals surface area contributed by atoms with Crippen molar-refractivity contribution in [3.8, 4) is 0 Å². The van der Waals surface area contributed by atoms with Crippen LogP contribution in [-0.4, -0.2) is 21.7 Å². The Morgan fingerprint density at radius 1 is 1.50 bits per heavy atom. The average molecular weight is 274 g/mol. The summed E-state index contributed by atoms with van der Waals surface area (Å²) in [7, 11) is 0. The van der Waals surface area contributed by atoms with Crippen molar-refractivity contribution < 1.29 is 9.21 Å². The van der Waals surface area contributed by atoms with E-state index in [1.165, 1.54) is 0 Å². The molecule has 1 fully saturated rings. The summed E-state index contributed by atoms with van der Waals surface area (Å²) in [6.07, 6.45) is 5.73. The van der Waals surface area contributed by atoms with Gasteiger partial charge in [-0.15, -0.1) is 0 Å². The summed E-state index contributed by atoms with van der Waals surface area (Å²) in [5, 5.41) is 10.3. The lowest BCUT2D eigenvalue weighted by Gasteiger charge is -2.03. The first-order chi connectivity index (χ1) is 9.69. The summed E-state index contributed by atoms with van der Waals surface area (Å²) in [5.74, 6) is 1.79. The molecule has 0 atom stereocenters. The molecule has 106 valence electrons. The van der Waals surface area contributed by atoms with Gasteiger partial charge in [0.05, 0.1) is 18.4 Å². The van der Waals surface area contributed by atoms with Gasteiger partial charge in [0.25, 0.3) is 0 Å². The quantitative estimate of drug-likeness (QED) is 0.840. The second kappa shape index (κ2) is 5.40. The zero-order valence-corrected chi connectivity index (χ0v) is 11.4. The number of amides is 1. The molecule has 0 bridgehead atoms. The minimum Gasteiger partial charge on any atom is -0.465 e. The molecule has 6 heteroatoms. The molecule has 2 aromatic heterocycles. The van der Waals surface area contributed by atoms with E-state index < -0.39 is 0 Å². The second-order valence-electron chi connectivity index (χ2n) is 5.13. The van der Waals surface area contributed by atoms with Gasteiger partial charge in [-0.25, -0.2) is 0 Å². The smallest absolute Gasteiger partial charge is 0.241 e. The van der Waals surface area contributed by atoms with Gasteiger partial charge >= 0.3 is 0 Å². The molecule has 1 aliphatic carbocycles. The van der Waals surface area contributed by atoms with E-state index in [0.29, 0.717) is 12.6 Å². The van der Waals surface area contributed by atoms with Crippen LogP contribution in [0.4, 0.5) is 5.69 Å². The summed E-state index contributed by atoms with van der Waals surface area (Å²) < 4.78 is 7.11. The molecule has 0 radical (unpaired) electrons. The van der Waals surface area contributed by atoms with Gasteiger partial charge in [-0.05, 0) is 31.9 Å². The molecule has 2 N–H and O–H groups in total. The number of nitrogens with zero attached hydrogens (tertiary/aromatic N) is 2. The molecule has 0 saturated heterocycles. The number of nitrogens with one attached hydrogen (secondary N) is 2. The highest BCUT2D eigenvalue weighted by Crippen LogP contribution is 2.18. The molecule has 3 rings (SSSR count).